The Morgan fingerprint density at radius 2 is 2.00 bits per heavy atom. The minimum absolute atomic E-state index is 0.160. The first-order valence-corrected chi connectivity index (χ1v) is 4.21. The number of carbonyl (C=O) groups excluding carboxylic acids is 1. The number of anilines is 1. The Morgan fingerprint density at radius 1 is 1.27 bits per heavy atom. The van der Waals surface area contributed by atoms with Gasteiger partial charge >= 0.3 is 5.63 Å². The molecule has 0 unspecified atom stereocenters. The van der Waals surface area contributed by atoms with Crippen LogP contribution >= 0.6 is 0 Å². The fourth-order valence-electron chi connectivity index (χ4n) is 1.30. The lowest BCUT2D eigenvalue weighted by Crippen LogP contribution is -2.20. The van der Waals surface area contributed by atoms with Crippen LogP contribution in [0.25, 0.3) is 11.0 Å². The van der Waals surface area contributed by atoms with Gasteiger partial charge in [-0.3, -0.25) is 4.79 Å². The number of hydrogen-bond acceptors (Lipinski definition) is 4. The van der Waals surface area contributed by atoms with E-state index in [1.807, 2.05) is 0 Å². The van der Waals surface area contributed by atoms with E-state index in [-0.39, 0.29) is 5.56 Å². The van der Waals surface area contributed by atoms with Crippen molar-refractivity contribution < 1.29 is 9.21 Å². The molecule has 0 fully saturated rings. The van der Waals surface area contributed by atoms with E-state index in [0.717, 1.165) is 0 Å². The van der Waals surface area contributed by atoms with Gasteiger partial charge in [-0.25, -0.2) is 4.79 Å². The topological polar surface area (TPSA) is 99.3 Å². The van der Waals surface area contributed by atoms with Crippen LogP contribution in [0, 0.1) is 0 Å². The van der Waals surface area contributed by atoms with Crippen LogP contribution in [0.4, 0.5) is 5.69 Å². The average Bonchev–Trinajstić information content (AvgIpc) is 2.15. The van der Waals surface area contributed by atoms with E-state index in [4.69, 9.17) is 15.9 Å². The van der Waals surface area contributed by atoms with E-state index in [9.17, 15) is 9.59 Å². The van der Waals surface area contributed by atoms with Crippen molar-refractivity contribution >= 4 is 22.6 Å². The molecule has 0 aliphatic rings. The number of primary amides is 1. The summed E-state index contributed by atoms with van der Waals surface area (Å²) < 4.78 is 4.90. The minimum Gasteiger partial charge on any atom is -0.422 e. The first kappa shape index (κ1) is 9.26. The predicted octanol–water partition coefficient (Wildman–Crippen LogP) is 0.474. The van der Waals surface area contributed by atoms with Crippen LogP contribution in [0.2, 0.25) is 0 Å². The van der Waals surface area contributed by atoms with Gasteiger partial charge in [-0.1, -0.05) is 0 Å². The molecule has 2 rings (SSSR count). The Kier molecular flexibility index (Phi) is 1.93. The molecular formula is C10H8N2O3. The molecule has 0 spiro atoms. The van der Waals surface area contributed by atoms with E-state index in [1.54, 1.807) is 12.1 Å². The van der Waals surface area contributed by atoms with Gasteiger partial charge in [0.25, 0.3) is 5.91 Å². The van der Waals surface area contributed by atoms with Crippen LogP contribution in [-0.2, 0) is 0 Å². The van der Waals surface area contributed by atoms with Crippen molar-refractivity contribution in [2.45, 2.75) is 0 Å². The van der Waals surface area contributed by atoms with Crippen LogP contribution in [0.15, 0.2) is 33.5 Å². The number of rotatable bonds is 1. The second-order valence-corrected chi connectivity index (χ2v) is 3.11. The number of carbonyl (C=O) groups is 1. The summed E-state index contributed by atoms with van der Waals surface area (Å²) in [5.74, 6) is -0.803. The Morgan fingerprint density at radius 3 is 2.67 bits per heavy atom. The van der Waals surface area contributed by atoms with Crippen LogP contribution in [0.3, 0.4) is 0 Å². The first-order valence-electron chi connectivity index (χ1n) is 4.21. The molecule has 0 aliphatic heterocycles. The van der Waals surface area contributed by atoms with Crippen molar-refractivity contribution in [3.8, 4) is 0 Å². The minimum atomic E-state index is -0.803. The highest BCUT2D eigenvalue weighted by molar-refractivity contribution is 5.95. The molecule has 0 atom stereocenters. The van der Waals surface area contributed by atoms with Crippen molar-refractivity contribution in [1.29, 1.82) is 0 Å². The number of nitrogens with two attached hydrogens (primary N) is 2. The summed E-state index contributed by atoms with van der Waals surface area (Å²) in [7, 11) is 0. The van der Waals surface area contributed by atoms with E-state index >= 15 is 0 Å². The fraction of sp³-hybridized carbons (Fsp3) is 0. The Labute approximate surface area is 84.3 Å². The molecule has 0 saturated carbocycles. The molecule has 1 heterocycles. The normalized spacial score (nSPS) is 10.4. The van der Waals surface area contributed by atoms with Crippen molar-refractivity contribution in [3.05, 3.63) is 40.2 Å². The molecule has 0 radical (unpaired) electrons. The third-order valence-corrected chi connectivity index (χ3v) is 2.03. The quantitative estimate of drug-likeness (QED) is 0.521. The van der Waals surface area contributed by atoms with Crippen LogP contribution in [-0.4, -0.2) is 5.91 Å². The third kappa shape index (κ3) is 1.54. The maximum atomic E-state index is 11.3. The van der Waals surface area contributed by atoms with Gasteiger partial charge in [0.1, 0.15) is 11.1 Å². The molecule has 1 aromatic carbocycles. The highest BCUT2D eigenvalue weighted by Crippen LogP contribution is 2.16. The van der Waals surface area contributed by atoms with Crippen molar-refractivity contribution in [3.63, 3.8) is 0 Å². The maximum Gasteiger partial charge on any atom is 0.349 e. The summed E-state index contributed by atoms with van der Waals surface area (Å²) >= 11 is 0. The monoisotopic (exact) mass is 204 g/mol. The summed E-state index contributed by atoms with van der Waals surface area (Å²) in [4.78, 5) is 22.1. The molecule has 1 aromatic heterocycles. The lowest BCUT2D eigenvalue weighted by Gasteiger charge is -1.99. The molecule has 4 N–H and O–H groups in total. The fourth-order valence-corrected chi connectivity index (χ4v) is 1.30. The van der Waals surface area contributed by atoms with Gasteiger partial charge in [-0.05, 0) is 18.2 Å². The molecule has 2 aromatic rings. The number of nitrogen functional groups attached to an aromatic ring is 1. The maximum absolute atomic E-state index is 11.3. The summed E-state index contributed by atoms with van der Waals surface area (Å²) in [6.45, 7) is 0. The number of hydrogen-bond donors (Lipinski definition) is 2. The van der Waals surface area contributed by atoms with Gasteiger partial charge in [0, 0.05) is 17.1 Å². The molecule has 0 saturated heterocycles. The summed E-state index contributed by atoms with van der Waals surface area (Å²) in [5, 5.41) is 0.609. The standard InChI is InChI=1S/C10H8N2O3/c11-6-2-1-5-3-7(9(12)13)10(14)15-8(5)4-6/h1-4H,11H2,(H2,12,13). The molecule has 0 aliphatic carbocycles. The van der Waals surface area contributed by atoms with Gasteiger partial charge in [-0.2, -0.15) is 0 Å². The van der Waals surface area contributed by atoms with Gasteiger partial charge < -0.3 is 15.9 Å². The molecule has 15 heavy (non-hydrogen) atoms. The zero-order valence-electron chi connectivity index (χ0n) is 7.69. The average molecular weight is 204 g/mol. The van der Waals surface area contributed by atoms with Gasteiger partial charge in [-0.15, -0.1) is 0 Å². The van der Waals surface area contributed by atoms with Gasteiger partial charge in [0.15, 0.2) is 0 Å². The highest BCUT2D eigenvalue weighted by atomic mass is 16.4. The summed E-state index contributed by atoms with van der Waals surface area (Å²) in [6, 6.07) is 6.21. The second-order valence-electron chi connectivity index (χ2n) is 3.11. The number of fused-ring (bicyclic) bond motifs is 1. The summed E-state index contributed by atoms with van der Waals surface area (Å²) in [5.41, 5.74) is 10.4. The Bertz CT molecular complexity index is 601. The number of amides is 1. The lowest BCUT2D eigenvalue weighted by molar-refractivity contribution is 0.0997. The predicted molar refractivity (Wildman–Crippen MR) is 55.4 cm³/mol. The SMILES string of the molecule is NC(=O)c1cc2ccc(N)cc2oc1=O. The van der Waals surface area contributed by atoms with Crippen LogP contribution in [0.5, 0.6) is 0 Å². The number of benzene rings is 1. The Hall–Kier alpha value is -2.30. The smallest absolute Gasteiger partial charge is 0.349 e. The first-order chi connectivity index (χ1) is 7.08. The summed E-state index contributed by atoms with van der Waals surface area (Å²) in [6.07, 6.45) is 0. The van der Waals surface area contributed by atoms with E-state index in [0.29, 0.717) is 16.7 Å². The van der Waals surface area contributed by atoms with Crippen molar-refractivity contribution in [2.24, 2.45) is 5.73 Å². The largest absolute Gasteiger partial charge is 0.422 e. The van der Waals surface area contributed by atoms with Crippen molar-refractivity contribution in [1.82, 2.24) is 0 Å². The Balaban J connectivity index is 2.82. The third-order valence-electron chi connectivity index (χ3n) is 2.03. The van der Waals surface area contributed by atoms with E-state index < -0.39 is 11.5 Å². The van der Waals surface area contributed by atoms with E-state index in [2.05, 4.69) is 0 Å². The zero-order valence-corrected chi connectivity index (χ0v) is 7.69. The second kappa shape index (κ2) is 3.13. The van der Waals surface area contributed by atoms with Crippen molar-refractivity contribution in [2.75, 3.05) is 5.73 Å². The van der Waals surface area contributed by atoms with Gasteiger partial charge in [0.2, 0.25) is 0 Å². The highest BCUT2D eigenvalue weighted by Gasteiger charge is 2.09. The molecule has 5 nitrogen and oxygen atoms in total. The molecular weight excluding hydrogens is 196 g/mol. The molecule has 1 amide bonds. The van der Waals surface area contributed by atoms with Gasteiger partial charge in [0.05, 0.1) is 0 Å². The molecule has 76 valence electrons. The zero-order chi connectivity index (χ0) is 11.0. The lowest BCUT2D eigenvalue weighted by atomic mass is 10.1. The molecule has 5 heteroatoms. The van der Waals surface area contributed by atoms with E-state index in [1.165, 1.54) is 12.1 Å². The van der Waals surface area contributed by atoms with Crippen LogP contribution < -0.4 is 17.1 Å². The molecule has 0 bridgehead atoms. The van der Waals surface area contributed by atoms with Crippen LogP contribution in [0.1, 0.15) is 10.4 Å².